The van der Waals surface area contributed by atoms with E-state index in [0.29, 0.717) is 0 Å². The van der Waals surface area contributed by atoms with Crippen LogP contribution in [0.25, 0.3) is 0 Å². The van der Waals surface area contributed by atoms with Gasteiger partial charge in [0.05, 0.1) is 4.92 Å². The number of nitro groups is 1. The molecule has 0 saturated heterocycles. The molecule has 0 aliphatic rings. The molecule has 1 aromatic rings. The van der Waals surface area contributed by atoms with Crippen LogP contribution in [0.4, 0.5) is 17.5 Å². The summed E-state index contributed by atoms with van der Waals surface area (Å²) in [6, 6.07) is -0.865. The second-order valence-electron chi connectivity index (χ2n) is 3.32. The lowest BCUT2D eigenvalue weighted by molar-refractivity contribution is -0.384. The Kier molecular flexibility index (Phi) is 3.41. The van der Waals surface area contributed by atoms with Gasteiger partial charge in [0.2, 0.25) is 11.8 Å². The van der Waals surface area contributed by atoms with Crippen LogP contribution in [0.1, 0.15) is 6.92 Å². The zero-order valence-corrected chi connectivity index (χ0v) is 9.19. The van der Waals surface area contributed by atoms with Gasteiger partial charge in [0.25, 0.3) is 0 Å². The van der Waals surface area contributed by atoms with Gasteiger partial charge in [0.1, 0.15) is 12.2 Å². The third-order valence-corrected chi connectivity index (χ3v) is 2.24. The van der Waals surface area contributed by atoms with E-state index in [0.717, 1.165) is 6.20 Å². The monoisotopic (exact) mass is 241 g/mol. The van der Waals surface area contributed by atoms with E-state index in [4.69, 9.17) is 10.8 Å². The lowest BCUT2D eigenvalue weighted by Crippen LogP contribution is -2.37. The Morgan fingerprint density at radius 2 is 2.29 bits per heavy atom. The van der Waals surface area contributed by atoms with Crippen molar-refractivity contribution in [2.24, 2.45) is 0 Å². The fourth-order valence-electron chi connectivity index (χ4n) is 1.03. The predicted molar refractivity (Wildman–Crippen MR) is 58.6 cm³/mol. The van der Waals surface area contributed by atoms with Gasteiger partial charge in [-0.05, 0) is 6.92 Å². The standard InChI is InChI=1S/C8H11N5O4/c1-4(7(14)15)12(2)8-10-3-5(13(16)17)6(9)11-8/h3-4H,1-2H3,(H,14,15)(H2,9,10,11). The first-order valence-electron chi connectivity index (χ1n) is 4.57. The van der Waals surface area contributed by atoms with E-state index in [2.05, 4.69) is 9.97 Å². The molecular weight excluding hydrogens is 230 g/mol. The predicted octanol–water partition coefficient (Wildman–Crippen LogP) is -0.124. The Morgan fingerprint density at radius 1 is 1.71 bits per heavy atom. The van der Waals surface area contributed by atoms with E-state index in [1.165, 1.54) is 18.9 Å². The van der Waals surface area contributed by atoms with Crippen molar-refractivity contribution in [3.63, 3.8) is 0 Å². The van der Waals surface area contributed by atoms with Crippen LogP contribution in [0.3, 0.4) is 0 Å². The van der Waals surface area contributed by atoms with Crippen molar-refractivity contribution < 1.29 is 14.8 Å². The molecule has 0 radical (unpaired) electrons. The molecule has 0 fully saturated rings. The van der Waals surface area contributed by atoms with Gasteiger partial charge < -0.3 is 15.7 Å². The molecule has 3 N–H and O–H groups in total. The molecule has 9 heteroatoms. The first-order chi connectivity index (χ1) is 7.84. The number of aliphatic carboxylic acids is 1. The molecule has 1 aromatic heterocycles. The van der Waals surface area contributed by atoms with Gasteiger partial charge in [-0.25, -0.2) is 9.78 Å². The Hall–Kier alpha value is -2.45. The van der Waals surface area contributed by atoms with Crippen molar-refractivity contribution in [2.75, 3.05) is 17.7 Å². The number of hydrogen-bond acceptors (Lipinski definition) is 7. The second kappa shape index (κ2) is 4.60. The average Bonchev–Trinajstić information content (AvgIpc) is 2.26. The quantitative estimate of drug-likeness (QED) is 0.549. The molecule has 0 aliphatic heterocycles. The molecular formula is C8H11N5O4. The summed E-state index contributed by atoms with van der Waals surface area (Å²) in [6.45, 7) is 1.43. The van der Waals surface area contributed by atoms with E-state index in [-0.39, 0.29) is 11.8 Å². The number of aromatic nitrogens is 2. The Balaban J connectivity index is 3.05. The molecule has 0 spiro atoms. The van der Waals surface area contributed by atoms with Crippen molar-refractivity contribution in [3.8, 4) is 0 Å². The van der Waals surface area contributed by atoms with Gasteiger partial charge in [-0.15, -0.1) is 0 Å². The number of rotatable bonds is 4. The van der Waals surface area contributed by atoms with Crippen molar-refractivity contribution in [1.82, 2.24) is 9.97 Å². The zero-order valence-electron chi connectivity index (χ0n) is 9.19. The van der Waals surface area contributed by atoms with Crippen LogP contribution in [0.2, 0.25) is 0 Å². The number of likely N-dealkylation sites (N-methyl/N-ethyl adjacent to an activating group) is 1. The normalized spacial score (nSPS) is 11.9. The van der Waals surface area contributed by atoms with Gasteiger partial charge in [-0.3, -0.25) is 10.1 Å². The van der Waals surface area contributed by atoms with Crippen molar-refractivity contribution in [1.29, 1.82) is 0 Å². The molecule has 92 valence electrons. The maximum atomic E-state index is 10.7. The molecule has 0 amide bonds. The number of nitrogen functional groups attached to an aromatic ring is 1. The highest BCUT2D eigenvalue weighted by Gasteiger charge is 2.22. The first kappa shape index (κ1) is 12.6. The minimum Gasteiger partial charge on any atom is -0.480 e. The van der Waals surface area contributed by atoms with E-state index < -0.39 is 22.6 Å². The van der Waals surface area contributed by atoms with Crippen LogP contribution >= 0.6 is 0 Å². The van der Waals surface area contributed by atoms with Crippen LogP contribution < -0.4 is 10.6 Å². The highest BCUT2D eigenvalue weighted by Crippen LogP contribution is 2.20. The summed E-state index contributed by atoms with van der Waals surface area (Å²) in [7, 11) is 1.46. The topological polar surface area (TPSA) is 135 Å². The molecule has 0 aromatic carbocycles. The Morgan fingerprint density at radius 3 is 2.71 bits per heavy atom. The lowest BCUT2D eigenvalue weighted by Gasteiger charge is -2.20. The third-order valence-electron chi connectivity index (χ3n) is 2.24. The first-order valence-corrected chi connectivity index (χ1v) is 4.57. The van der Waals surface area contributed by atoms with Crippen LogP contribution in [0, 0.1) is 10.1 Å². The summed E-state index contributed by atoms with van der Waals surface area (Å²) in [6.07, 6.45) is 0.947. The van der Waals surface area contributed by atoms with Gasteiger partial charge >= 0.3 is 11.7 Å². The van der Waals surface area contributed by atoms with Gasteiger partial charge in [-0.2, -0.15) is 4.98 Å². The summed E-state index contributed by atoms with van der Waals surface area (Å²) in [5.41, 5.74) is 4.96. The molecule has 1 atom stereocenters. The molecule has 0 aliphatic carbocycles. The van der Waals surface area contributed by atoms with Gasteiger partial charge in [0.15, 0.2) is 0 Å². The Bertz CT molecular complexity index is 463. The lowest BCUT2D eigenvalue weighted by atomic mass is 10.3. The Labute approximate surface area is 96.0 Å². The number of carboxylic acids is 1. The minimum absolute atomic E-state index is 0.0167. The van der Waals surface area contributed by atoms with Crippen LogP contribution in [0.5, 0.6) is 0 Å². The fraction of sp³-hybridized carbons (Fsp3) is 0.375. The highest BCUT2D eigenvalue weighted by atomic mass is 16.6. The van der Waals surface area contributed by atoms with Crippen LogP contribution in [0.15, 0.2) is 6.20 Å². The van der Waals surface area contributed by atoms with Crippen molar-refractivity contribution in [3.05, 3.63) is 16.3 Å². The maximum Gasteiger partial charge on any atom is 0.329 e. The molecule has 17 heavy (non-hydrogen) atoms. The van der Waals surface area contributed by atoms with Crippen molar-refractivity contribution >= 4 is 23.4 Å². The van der Waals surface area contributed by atoms with Crippen LogP contribution in [-0.4, -0.2) is 39.1 Å². The SMILES string of the molecule is CC(C(=O)O)N(C)c1ncc([N+](=O)[O-])c(N)n1. The van der Waals surface area contributed by atoms with Crippen LogP contribution in [-0.2, 0) is 4.79 Å². The molecule has 9 nitrogen and oxygen atoms in total. The number of hydrogen-bond donors (Lipinski definition) is 2. The number of nitrogens with two attached hydrogens (primary N) is 1. The number of anilines is 2. The fourth-order valence-corrected chi connectivity index (χ4v) is 1.03. The van der Waals surface area contributed by atoms with E-state index in [9.17, 15) is 14.9 Å². The molecule has 1 heterocycles. The molecule has 1 unspecified atom stereocenters. The number of carboxylic acid groups (broad SMARTS) is 1. The van der Waals surface area contributed by atoms with E-state index in [1.807, 2.05) is 0 Å². The van der Waals surface area contributed by atoms with Gasteiger partial charge in [0, 0.05) is 7.05 Å². The summed E-state index contributed by atoms with van der Waals surface area (Å²) in [5.74, 6) is -1.35. The largest absolute Gasteiger partial charge is 0.480 e. The molecule has 0 bridgehead atoms. The maximum absolute atomic E-state index is 10.7. The summed E-state index contributed by atoms with van der Waals surface area (Å²) in [5, 5.41) is 19.3. The smallest absolute Gasteiger partial charge is 0.329 e. The van der Waals surface area contributed by atoms with E-state index in [1.54, 1.807) is 0 Å². The average molecular weight is 241 g/mol. The zero-order chi connectivity index (χ0) is 13.2. The molecule has 0 saturated carbocycles. The van der Waals surface area contributed by atoms with Crippen molar-refractivity contribution in [2.45, 2.75) is 13.0 Å². The third kappa shape index (κ3) is 2.56. The highest BCUT2D eigenvalue weighted by molar-refractivity contribution is 5.76. The summed E-state index contributed by atoms with van der Waals surface area (Å²) in [4.78, 5) is 29.1. The number of nitrogens with zero attached hydrogens (tertiary/aromatic N) is 4. The summed E-state index contributed by atoms with van der Waals surface area (Å²) < 4.78 is 0. The number of carbonyl (C=O) groups is 1. The van der Waals surface area contributed by atoms with Gasteiger partial charge in [-0.1, -0.05) is 0 Å². The summed E-state index contributed by atoms with van der Waals surface area (Å²) >= 11 is 0. The minimum atomic E-state index is -1.06. The molecule has 1 rings (SSSR count). The van der Waals surface area contributed by atoms with E-state index >= 15 is 0 Å². The second-order valence-corrected chi connectivity index (χ2v) is 3.32.